The number of Topliss-reactive ketones (excluding diaryl/α,β-unsaturated/α-hetero) is 5. The van der Waals surface area contributed by atoms with E-state index in [2.05, 4.69) is 0 Å². The Kier molecular flexibility index (Phi) is 5.59. The van der Waals surface area contributed by atoms with Crippen molar-refractivity contribution in [3.8, 4) is 5.75 Å². The first-order valence-corrected chi connectivity index (χ1v) is 12.8. The highest BCUT2D eigenvalue weighted by Gasteiger charge is 2.76. The molecule has 1 saturated heterocycles. The van der Waals surface area contributed by atoms with E-state index in [1.165, 1.54) is 6.92 Å². The Morgan fingerprint density at radius 3 is 2.27 bits per heavy atom. The average Bonchev–Trinajstić information content (AvgIpc) is 2.84. The van der Waals surface area contributed by atoms with Gasteiger partial charge in [0.05, 0.1) is 30.4 Å². The number of aliphatic hydroxyl groups is 1. The maximum atomic E-state index is 14.2. The predicted octanol–water partition coefficient (Wildman–Crippen LogP) is 1.85. The zero-order valence-electron chi connectivity index (χ0n) is 21.8. The molecule has 1 aliphatic heterocycles. The minimum Gasteiger partial charge on any atom is -0.505 e. The molecule has 9 heteroatoms. The summed E-state index contributed by atoms with van der Waals surface area (Å²) in [6, 6.07) is 3.57. The van der Waals surface area contributed by atoms with Crippen LogP contribution in [0.5, 0.6) is 5.75 Å². The van der Waals surface area contributed by atoms with E-state index in [0.29, 0.717) is 37.6 Å². The fourth-order valence-electron chi connectivity index (χ4n) is 7.72. The van der Waals surface area contributed by atoms with Crippen LogP contribution in [-0.2, 0) is 23.9 Å². The molecule has 0 radical (unpaired) electrons. The lowest BCUT2D eigenvalue weighted by Gasteiger charge is -2.64. The Morgan fingerprint density at radius 1 is 1.05 bits per heavy atom. The van der Waals surface area contributed by atoms with E-state index in [4.69, 9.17) is 4.74 Å². The topological polar surface area (TPSA) is 138 Å². The van der Waals surface area contributed by atoms with Crippen molar-refractivity contribution in [1.29, 1.82) is 0 Å². The molecule has 9 nitrogen and oxygen atoms in total. The van der Waals surface area contributed by atoms with Gasteiger partial charge in [-0.25, -0.2) is 0 Å². The number of ether oxygens (including phenoxy) is 1. The van der Waals surface area contributed by atoms with E-state index >= 15 is 0 Å². The van der Waals surface area contributed by atoms with E-state index in [-0.39, 0.29) is 17.7 Å². The Labute approximate surface area is 215 Å². The number of aromatic hydroxyl groups is 1. The first-order valence-electron chi connectivity index (χ1n) is 12.8. The van der Waals surface area contributed by atoms with Crippen molar-refractivity contribution in [2.45, 2.75) is 52.6 Å². The van der Waals surface area contributed by atoms with Crippen molar-refractivity contribution in [1.82, 2.24) is 0 Å². The molecule has 1 aromatic rings. The molecule has 1 heterocycles. The van der Waals surface area contributed by atoms with E-state index in [1.54, 1.807) is 26.0 Å². The number of morpholine rings is 1. The van der Waals surface area contributed by atoms with Crippen LogP contribution >= 0.6 is 0 Å². The summed E-state index contributed by atoms with van der Waals surface area (Å²) in [6.45, 7) is 10.0. The number of carbonyl (C=O) groups is 5. The summed E-state index contributed by atoms with van der Waals surface area (Å²) in [6.07, 6.45) is -0.330. The molecular weight excluding hydrogens is 478 g/mol. The van der Waals surface area contributed by atoms with Crippen LogP contribution in [0.4, 0.5) is 5.69 Å². The minimum atomic E-state index is -2.68. The second kappa shape index (κ2) is 8.04. The number of hydrogen-bond acceptors (Lipinski definition) is 9. The Balaban J connectivity index is 1.70. The molecule has 3 aliphatic carbocycles. The summed E-state index contributed by atoms with van der Waals surface area (Å²) in [5.41, 5.74) is -4.17. The summed E-state index contributed by atoms with van der Waals surface area (Å²) in [7, 11) is 0. The summed E-state index contributed by atoms with van der Waals surface area (Å²) < 4.78 is 5.39. The van der Waals surface area contributed by atoms with Crippen LogP contribution in [0.3, 0.4) is 0 Å². The number of hydrogen-bond donors (Lipinski definition) is 2. The molecule has 1 aromatic carbocycles. The third-order valence-corrected chi connectivity index (χ3v) is 10.3. The van der Waals surface area contributed by atoms with Crippen LogP contribution in [0.2, 0.25) is 0 Å². The minimum absolute atomic E-state index is 0.0224. The molecule has 7 unspecified atom stereocenters. The summed E-state index contributed by atoms with van der Waals surface area (Å²) in [5.74, 6) is -8.59. The molecule has 5 rings (SSSR count). The highest BCUT2D eigenvalue weighted by atomic mass is 16.5. The highest BCUT2D eigenvalue weighted by molar-refractivity contribution is 6.32. The maximum Gasteiger partial charge on any atom is 0.190 e. The first kappa shape index (κ1) is 25.7. The fourth-order valence-corrected chi connectivity index (χ4v) is 7.72. The average molecular weight is 512 g/mol. The van der Waals surface area contributed by atoms with Gasteiger partial charge in [-0.1, -0.05) is 33.8 Å². The van der Waals surface area contributed by atoms with Crippen molar-refractivity contribution in [2.24, 2.45) is 28.6 Å². The number of carbonyl (C=O) groups excluding carboxylic acids is 5. The van der Waals surface area contributed by atoms with E-state index in [0.717, 1.165) is 6.92 Å². The van der Waals surface area contributed by atoms with E-state index < -0.39 is 69.0 Å². The zero-order valence-corrected chi connectivity index (χ0v) is 21.8. The smallest absolute Gasteiger partial charge is 0.190 e. The van der Waals surface area contributed by atoms with Crippen LogP contribution in [-0.4, -0.2) is 71.0 Å². The van der Waals surface area contributed by atoms with Crippen LogP contribution in [0, 0.1) is 28.6 Å². The molecular formula is C28H33NO8. The zero-order chi connectivity index (χ0) is 27.2. The summed E-state index contributed by atoms with van der Waals surface area (Å²) in [4.78, 5) is 69.0. The SMILES string of the molecule is CC(=O)C1C(=O)CC2(C)C(C)C3(C)C(C(=O)c4c(ccc(N5CCOCC5)c4O)C3C)C(=O)C2(O)C1=O. The van der Waals surface area contributed by atoms with Crippen LogP contribution in [0.15, 0.2) is 12.1 Å². The summed E-state index contributed by atoms with van der Waals surface area (Å²) in [5, 5.41) is 23.2. The van der Waals surface area contributed by atoms with Gasteiger partial charge in [0.15, 0.2) is 28.7 Å². The van der Waals surface area contributed by atoms with Gasteiger partial charge in [0.25, 0.3) is 0 Å². The van der Waals surface area contributed by atoms with Crippen molar-refractivity contribution >= 4 is 34.6 Å². The van der Waals surface area contributed by atoms with Gasteiger partial charge in [-0.3, -0.25) is 24.0 Å². The van der Waals surface area contributed by atoms with Gasteiger partial charge >= 0.3 is 0 Å². The van der Waals surface area contributed by atoms with Crippen molar-refractivity contribution in [3.05, 3.63) is 23.3 Å². The van der Waals surface area contributed by atoms with Crippen LogP contribution in [0.1, 0.15) is 62.9 Å². The van der Waals surface area contributed by atoms with Crippen molar-refractivity contribution in [3.63, 3.8) is 0 Å². The van der Waals surface area contributed by atoms with Gasteiger partial charge in [-0.2, -0.15) is 0 Å². The quantitative estimate of drug-likeness (QED) is 0.570. The predicted molar refractivity (Wildman–Crippen MR) is 132 cm³/mol. The fraction of sp³-hybridized carbons (Fsp3) is 0.607. The summed E-state index contributed by atoms with van der Waals surface area (Å²) >= 11 is 0. The maximum absolute atomic E-state index is 14.2. The lowest BCUT2D eigenvalue weighted by atomic mass is 9.37. The Bertz CT molecular complexity index is 1260. The number of phenolic OH excluding ortho intramolecular Hbond substituents is 1. The molecule has 2 N–H and O–H groups in total. The molecule has 0 bridgehead atoms. The number of nitrogens with zero attached hydrogens (tertiary/aromatic N) is 1. The van der Waals surface area contributed by atoms with Gasteiger partial charge in [-0.05, 0) is 35.8 Å². The second-order valence-corrected chi connectivity index (χ2v) is 11.6. The molecule has 3 fully saturated rings. The van der Waals surface area contributed by atoms with Gasteiger partial charge < -0.3 is 19.8 Å². The third-order valence-electron chi connectivity index (χ3n) is 10.3. The second-order valence-electron chi connectivity index (χ2n) is 11.6. The monoisotopic (exact) mass is 511 g/mol. The van der Waals surface area contributed by atoms with Crippen molar-refractivity contribution < 1.29 is 38.9 Å². The number of ketones is 5. The lowest BCUT2D eigenvalue weighted by molar-refractivity contribution is -0.208. The molecule has 0 amide bonds. The van der Waals surface area contributed by atoms with E-state index in [9.17, 15) is 34.2 Å². The number of rotatable bonds is 2. The normalized spacial score (nSPS) is 39.7. The standard InChI is InChI=1S/C28H33NO8/c1-13-16-6-7-17(29-8-10-37-11-9-29)22(32)20(16)23(33)21-25(35)28(36)24(34)19(14(2)30)18(31)12-26(28,4)15(3)27(13,21)5/h6-7,13,15,19,21,32,36H,8-12H2,1-5H3. The van der Waals surface area contributed by atoms with Crippen LogP contribution < -0.4 is 4.90 Å². The Morgan fingerprint density at radius 2 is 1.68 bits per heavy atom. The number of phenols is 1. The third kappa shape index (κ3) is 2.95. The molecule has 0 aromatic heterocycles. The number of benzene rings is 1. The number of fused-ring (bicyclic) bond motifs is 3. The van der Waals surface area contributed by atoms with Crippen LogP contribution in [0.25, 0.3) is 0 Å². The molecule has 7 atom stereocenters. The molecule has 37 heavy (non-hydrogen) atoms. The van der Waals surface area contributed by atoms with Gasteiger partial charge in [0, 0.05) is 24.9 Å². The van der Waals surface area contributed by atoms with Crippen molar-refractivity contribution in [2.75, 3.05) is 31.2 Å². The van der Waals surface area contributed by atoms with Gasteiger partial charge in [0.2, 0.25) is 0 Å². The molecule has 2 saturated carbocycles. The largest absolute Gasteiger partial charge is 0.505 e. The number of anilines is 1. The molecule has 4 aliphatic rings. The lowest BCUT2D eigenvalue weighted by Crippen LogP contribution is -2.76. The Hall–Kier alpha value is -2.91. The van der Waals surface area contributed by atoms with Gasteiger partial charge in [-0.15, -0.1) is 0 Å². The first-order chi connectivity index (χ1) is 17.2. The van der Waals surface area contributed by atoms with E-state index in [1.807, 2.05) is 11.8 Å². The van der Waals surface area contributed by atoms with Gasteiger partial charge in [0.1, 0.15) is 17.5 Å². The highest BCUT2D eigenvalue weighted by Crippen LogP contribution is 2.67. The molecule has 0 spiro atoms. The molecule has 198 valence electrons.